The van der Waals surface area contributed by atoms with Crippen LogP contribution in [0.25, 0.3) is 0 Å². The average Bonchev–Trinajstić information content (AvgIpc) is 2.70. The van der Waals surface area contributed by atoms with Gasteiger partial charge >= 0.3 is 0 Å². The molecule has 0 amide bonds. The molecule has 1 N–H and O–H groups in total. The number of halogens is 2. The number of methoxy groups -OCH3 is 1. The minimum atomic E-state index is 0.493. The van der Waals surface area contributed by atoms with E-state index in [-0.39, 0.29) is 0 Å². The largest absolute Gasteiger partial charge is 0.493 e. The number of hydrogen-bond acceptors (Lipinski definition) is 3. The van der Waals surface area contributed by atoms with E-state index in [0.717, 1.165) is 26.2 Å². The first-order valence-corrected chi connectivity index (χ1v) is 10.2. The van der Waals surface area contributed by atoms with E-state index in [9.17, 15) is 0 Å². The molecule has 0 heterocycles. The topological polar surface area (TPSA) is 30.5 Å². The van der Waals surface area contributed by atoms with Gasteiger partial charge in [-0.25, -0.2) is 0 Å². The molecule has 146 valence electrons. The molecule has 0 unspecified atom stereocenters. The Morgan fingerprint density at radius 3 is 2.36 bits per heavy atom. The van der Waals surface area contributed by atoms with Crippen LogP contribution in [0.2, 0.25) is 5.02 Å². The van der Waals surface area contributed by atoms with Crippen molar-refractivity contribution in [3.05, 3.63) is 92.4 Å². The highest BCUT2D eigenvalue weighted by Crippen LogP contribution is 2.34. The molecule has 3 nitrogen and oxygen atoms in total. The van der Waals surface area contributed by atoms with Crippen LogP contribution in [0.4, 0.5) is 0 Å². The van der Waals surface area contributed by atoms with Crippen LogP contribution in [0.5, 0.6) is 11.5 Å². The van der Waals surface area contributed by atoms with Crippen LogP contribution in [0, 0.1) is 6.92 Å². The molecule has 3 aromatic rings. The van der Waals surface area contributed by atoms with Gasteiger partial charge in [-0.2, -0.15) is 0 Å². The zero-order valence-electron chi connectivity index (χ0n) is 16.0. The van der Waals surface area contributed by atoms with E-state index >= 15 is 0 Å². The zero-order valence-corrected chi connectivity index (χ0v) is 18.3. The van der Waals surface area contributed by atoms with E-state index in [1.165, 1.54) is 5.56 Å². The van der Waals surface area contributed by atoms with E-state index in [0.29, 0.717) is 31.2 Å². The Bertz CT molecular complexity index is 928. The van der Waals surface area contributed by atoms with E-state index in [1.807, 2.05) is 36.4 Å². The van der Waals surface area contributed by atoms with Crippen molar-refractivity contribution in [1.29, 1.82) is 0 Å². The van der Waals surface area contributed by atoms with Crippen LogP contribution in [-0.2, 0) is 19.7 Å². The van der Waals surface area contributed by atoms with Gasteiger partial charge in [0.05, 0.1) is 7.11 Å². The highest BCUT2D eigenvalue weighted by atomic mass is 79.9. The third kappa shape index (κ3) is 5.51. The van der Waals surface area contributed by atoms with Gasteiger partial charge in [-0.3, -0.25) is 0 Å². The molecule has 5 heteroatoms. The molecule has 3 aromatic carbocycles. The maximum atomic E-state index is 6.21. The van der Waals surface area contributed by atoms with Gasteiger partial charge in [-0.1, -0.05) is 75.6 Å². The quantitative estimate of drug-likeness (QED) is 0.428. The number of nitrogens with one attached hydrogen (secondary N) is 1. The monoisotopic (exact) mass is 459 g/mol. The summed E-state index contributed by atoms with van der Waals surface area (Å²) < 4.78 is 12.5. The van der Waals surface area contributed by atoms with Gasteiger partial charge in [-0.15, -0.1) is 0 Å². The number of benzene rings is 3. The SMILES string of the molecule is COc1cc(CNCc2ccccc2Cl)c(Br)cc1OCc1ccc(C)cc1. The molecule has 0 atom stereocenters. The van der Waals surface area contributed by atoms with Gasteiger partial charge in [0.1, 0.15) is 6.61 Å². The first kappa shape index (κ1) is 20.7. The Kier molecular flexibility index (Phi) is 7.37. The molecule has 28 heavy (non-hydrogen) atoms. The molecular formula is C23H23BrClNO2. The fourth-order valence-electron chi connectivity index (χ4n) is 2.80. The average molecular weight is 461 g/mol. The minimum absolute atomic E-state index is 0.493. The molecule has 0 aliphatic heterocycles. The first-order chi connectivity index (χ1) is 13.6. The lowest BCUT2D eigenvalue weighted by molar-refractivity contribution is 0.284. The molecule has 0 bridgehead atoms. The Morgan fingerprint density at radius 2 is 1.64 bits per heavy atom. The number of rotatable bonds is 8. The summed E-state index contributed by atoms with van der Waals surface area (Å²) in [6.07, 6.45) is 0. The molecule has 0 saturated heterocycles. The van der Waals surface area contributed by atoms with Crippen molar-refractivity contribution >= 4 is 27.5 Å². The maximum Gasteiger partial charge on any atom is 0.162 e. The summed E-state index contributed by atoms with van der Waals surface area (Å²) in [5, 5.41) is 4.19. The van der Waals surface area contributed by atoms with E-state index < -0.39 is 0 Å². The zero-order chi connectivity index (χ0) is 19.9. The minimum Gasteiger partial charge on any atom is -0.493 e. The maximum absolute atomic E-state index is 6.21. The van der Waals surface area contributed by atoms with Crippen molar-refractivity contribution in [3.63, 3.8) is 0 Å². The molecule has 0 aliphatic rings. The van der Waals surface area contributed by atoms with Crippen molar-refractivity contribution in [2.45, 2.75) is 26.6 Å². The van der Waals surface area contributed by atoms with Crippen molar-refractivity contribution in [3.8, 4) is 11.5 Å². The van der Waals surface area contributed by atoms with Crippen molar-refractivity contribution in [2.75, 3.05) is 7.11 Å². The molecule has 0 radical (unpaired) electrons. The van der Waals surface area contributed by atoms with Crippen LogP contribution in [-0.4, -0.2) is 7.11 Å². The smallest absolute Gasteiger partial charge is 0.162 e. The summed E-state index contributed by atoms with van der Waals surface area (Å²) in [5.74, 6) is 1.43. The number of ether oxygens (including phenoxy) is 2. The summed E-state index contributed by atoms with van der Waals surface area (Å²) in [6.45, 7) is 3.94. The molecule has 0 saturated carbocycles. The fourth-order valence-corrected chi connectivity index (χ4v) is 3.47. The van der Waals surface area contributed by atoms with Crippen molar-refractivity contribution in [2.24, 2.45) is 0 Å². The summed E-state index contributed by atoms with van der Waals surface area (Å²) in [7, 11) is 1.66. The third-order valence-electron chi connectivity index (χ3n) is 4.44. The van der Waals surface area contributed by atoms with Gasteiger partial charge in [-0.05, 0) is 41.8 Å². The fraction of sp³-hybridized carbons (Fsp3) is 0.217. The molecule has 0 aromatic heterocycles. The molecular weight excluding hydrogens is 438 g/mol. The predicted octanol–water partition coefficient (Wildman–Crippen LogP) is 6.29. The number of aryl methyl sites for hydroxylation is 1. The third-order valence-corrected chi connectivity index (χ3v) is 5.54. The van der Waals surface area contributed by atoms with Gasteiger partial charge < -0.3 is 14.8 Å². The Hall–Kier alpha value is -2.01. The Labute approximate surface area is 179 Å². The van der Waals surface area contributed by atoms with Crippen molar-refractivity contribution in [1.82, 2.24) is 5.32 Å². The number of hydrogen-bond donors (Lipinski definition) is 1. The molecule has 0 spiro atoms. The molecule has 3 rings (SSSR count). The molecule has 0 aliphatic carbocycles. The van der Waals surface area contributed by atoms with Crippen molar-refractivity contribution < 1.29 is 9.47 Å². The second-order valence-corrected chi connectivity index (χ2v) is 7.83. The van der Waals surface area contributed by atoms with E-state index in [2.05, 4.69) is 52.4 Å². The van der Waals surface area contributed by atoms with Gasteiger partial charge in [0, 0.05) is 22.6 Å². The van der Waals surface area contributed by atoms with E-state index in [4.69, 9.17) is 21.1 Å². The van der Waals surface area contributed by atoms with Gasteiger partial charge in [0.2, 0.25) is 0 Å². The lowest BCUT2D eigenvalue weighted by Gasteiger charge is -2.15. The first-order valence-electron chi connectivity index (χ1n) is 9.05. The lowest BCUT2D eigenvalue weighted by Crippen LogP contribution is -2.13. The normalized spacial score (nSPS) is 10.7. The lowest BCUT2D eigenvalue weighted by atomic mass is 10.1. The molecule has 0 fully saturated rings. The van der Waals surface area contributed by atoms with E-state index in [1.54, 1.807) is 7.11 Å². The van der Waals surface area contributed by atoms with Gasteiger partial charge in [0.15, 0.2) is 11.5 Å². The summed E-state index contributed by atoms with van der Waals surface area (Å²) >= 11 is 9.86. The summed E-state index contributed by atoms with van der Waals surface area (Å²) in [6, 6.07) is 20.1. The van der Waals surface area contributed by atoms with Crippen LogP contribution < -0.4 is 14.8 Å². The Morgan fingerprint density at radius 1 is 0.929 bits per heavy atom. The standard InChI is InChI=1S/C23H23BrClNO2/c1-16-7-9-17(10-8-16)15-28-23-12-20(24)19(11-22(23)27-2)14-26-13-18-5-3-4-6-21(18)25/h3-12,26H,13-15H2,1-2H3. The highest BCUT2D eigenvalue weighted by Gasteiger charge is 2.11. The van der Waals surface area contributed by atoms with Crippen LogP contribution >= 0.6 is 27.5 Å². The predicted molar refractivity (Wildman–Crippen MR) is 118 cm³/mol. The second kappa shape index (κ2) is 9.97. The van der Waals surface area contributed by atoms with Gasteiger partial charge in [0.25, 0.3) is 0 Å². The van der Waals surface area contributed by atoms with Crippen LogP contribution in [0.15, 0.2) is 65.1 Å². The van der Waals surface area contributed by atoms with Crippen LogP contribution in [0.1, 0.15) is 22.3 Å². The summed E-state index contributed by atoms with van der Waals surface area (Å²) in [5.41, 5.74) is 4.52. The second-order valence-electron chi connectivity index (χ2n) is 6.56. The summed E-state index contributed by atoms with van der Waals surface area (Å²) in [4.78, 5) is 0. The van der Waals surface area contributed by atoms with Crippen LogP contribution in [0.3, 0.4) is 0 Å². The Balaban J connectivity index is 1.65. The highest BCUT2D eigenvalue weighted by molar-refractivity contribution is 9.10.